The number of methoxy groups -OCH3 is 1. The number of aryl methyl sites for hydroxylation is 1. The molecule has 0 aromatic heterocycles. The van der Waals surface area contributed by atoms with Crippen LogP contribution in [0.3, 0.4) is 0 Å². The minimum atomic E-state index is -4.62. The van der Waals surface area contributed by atoms with Gasteiger partial charge in [-0.3, -0.25) is 24.0 Å². The van der Waals surface area contributed by atoms with E-state index >= 15 is 0 Å². The smallest absolute Gasteiger partial charge is 0.273 e. The molecule has 2 amide bonds. The third-order valence-electron chi connectivity index (χ3n) is 6.73. The summed E-state index contributed by atoms with van der Waals surface area (Å²) in [6.07, 6.45) is 0.248. The van der Waals surface area contributed by atoms with Crippen LogP contribution in [0.25, 0.3) is 0 Å². The van der Waals surface area contributed by atoms with Gasteiger partial charge in [0.15, 0.2) is 0 Å². The van der Waals surface area contributed by atoms with Crippen LogP contribution >= 0.6 is 11.6 Å². The topological polar surface area (TPSA) is 139 Å². The van der Waals surface area contributed by atoms with Gasteiger partial charge in [0, 0.05) is 28.7 Å². The highest BCUT2D eigenvalue weighted by molar-refractivity contribution is 7.92. The number of benzene rings is 3. The van der Waals surface area contributed by atoms with E-state index in [-0.39, 0.29) is 35.0 Å². The molecule has 1 N–H and O–H groups in total. The molecular formula is C31H37ClN4O7S. The zero-order valence-electron chi connectivity index (χ0n) is 25.5. The summed E-state index contributed by atoms with van der Waals surface area (Å²) in [6.45, 7) is 7.98. The average Bonchev–Trinajstić information content (AvgIpc) is 2.95. The van der Waals surface area contributed by atoms with Gasteiger partial charge in [-0.05, 0) is 63.9 Å². The molecule has 0 fully saturated rings. The van der Waals surface area contributed by atoms with Gasteiger partial charge in [0.25, 0.3) is 15.7 Å². The van der Waals surface area contributed by atoms with Crippen LogP contribution in [0, 0.1) is 17.0 Å². The van der Waals surface area contributed by atoms with Crippen molar-refractivity contribution < 1.29 is 27.7 Å². The molecule has 3 rings (SSSR count). The second-order valence-electron chi connectivity index (χ2n) is 11.2. The number of ether oxygens (including phenoxy) is 1. The highest BCUT2D eigenvalue weighted by Crippen LogP contribution is 2.36. The van der Waals surface area contributed by atoms with E-state index in [0.717, 1.165) is 15.9 Å². The number of nitrogens with one attached hydrogen (secondary N) is 1. The fourth-order valence-corrected chi connectivity index (χ4v) is 6.20. The molecule has 13 heteroatoms. The molecule has 0 saturated heterocycles. The standard InChI is InChI=1S/C31H37ClN4O7S/c1-7-25(30(38)33-31(3,4)5)34(19-22-11-9-8-10-12-22)29(37)20-35(27-17-23(32)14-16-28(27)43-6)44(41,42)24-15-13-21(2)26(18-24)36(39)40/h8-18,25H,7,19-20H2,1-6H3,(H,33,38)/t25-/m0/s1. The minimum Gasteiger partial charge on any atom is -0.495 e. The van der Waals surface area contributed by atoms with E-state index in [1.807, 2.05) is 26.8 Å². The predicted octanol–water partition coefficient (Wildman–Crippen LogP) is 5.48. The second kappa shape index (κ2) is 14.1. The van der Waals surface area contributed by atoms with Gasteiger partial charge in [-0.1, -0.05) is 54.9 Å². The molecule has 0 aliphatic carbocycles. The maximum Gasteiger partial charge on any atom is 0.273 e. The summed E-state index contributed by atoms with van der Waals surface area (Å²) in [5, 5.41) is 14.7. The van der Waals surface area contributed by atoms with Gasteiger partial charge in [0.2, 0.25) is 11.8 Å². The first-order chi connectivity index (χ1) is 20.6. The Kier molecular flexibility index (Phi) is 11.0. The van der Waals surface area contributed by atoms with Gasteiger partial charge in [-0.15, -0.1) is 0 Å². The lowest BCUT2D eigenvalue weighted by Gasteiger charge is -2.35. The molecule has 0 heterocycles. The number of rotatable bonds is 12. The largest absolute Gasteiger partial charge is 0.495 e. The Morgan fingerprint density at radius 2 is 1.73 bits per heavy atom. The quantitative estimate of drug-likeness (QED) is 0.203. The van der Waals surface area contributed by atoms with Crippen LogP contribution in [0.2, 0.25) is 5.02 Å². The van der Waals surface area contributed by atoms with Gasteiger partial charge in [0.1, 0.15) is 18.3 Å². The van der Waals surface area contributed by atoms with Gasteiger partial charge in [0.05, 0.1) is 22.6 Å². The maximum absolute atomic E-state index is 14.3. The summed E-state index contributed by atoms with van der Waals surface area (Å²) in [6, 6.07) is 15.9. The van der Waals surface area contributed by atoms with Crippen molar-refractivity contribution in [2.45, 2.75) is 64.1 Å². The van der Waals surface area contributed by atoms with Crippen molar-refractivity contribution in [1.29, 1.82) is 0 Å². The number of hydrogen-bond acceptors (Lipinski definition) is 7. The van der Waals surface area contributed by atoms with E-state index in [4.69, 9.17) is 16.3 Å². The molecule has 0 bridgehead atoms. The molecule has 3 aromatic rings. The van der Waals surface area contributed by atoms with E-state index in [2.05, 4.69) is 5.32 Å². The third kappa shape index (κ3) is 8.26. The molecule has 0 spiro atoms. The highest BCUT2D eigenvalue weighted by Gasteiger charge is 2.36. The van der Waals surface area contributed by atoms with Crippen LogP contribution in [0.15, 0.2) is 71.6 Å². The highest BCUT2D eigenvalue weighted by atomic mass is 35.5. The predicted molar refractivity (Wildman–Crippen MR) is 169 cm³/mol. The summed E-state index contributed by atoms with van der Waals surface area (Å²) in [5.41, 5.74) is -0.0434. The van der Waals surface area contributed by atoms with Crippen molar-refractivity contribution >= 4 is 44.8 Å². The SMILES string of the molecule is CC[C@@H](C(=O)NC(C)(C)C)N(Cc1ccccc1)C(=O)CN(c1cc(Cl)ccc1OC)S(=O)(=O)c1ccc(C)c([N+](=O)[O-])c1. The molecular weight excluding hydrogens is 608 g/mol. The van der Waals surface area contributed by atoms with Crippen LogP contribution in [0.1, 0.15) is 45.2 Å². The molecule has 236 valence electrons. The van der Waals surface area contributed by atoms with E-state index in [9.17, 15) is 28.1 Å². The summed E-state index contributed by atoms with van der Waals surface area (Å²) in [7, 11) is -3.28. The number of carbonyl (C=O) groups is 2. The van der Waals surface area contributed by atoms with Crippen molar-refractivity contribution in [2.75, 3.05) is 18.0 Å². The molecule has 0 radical (unpaired) electrons. The Morgan fingerprint density at radius 1 is 1.07 bits per heavy atom. The number of carbonyl (C=O) groups excluding carboxylic acids is 2. The monoisotopic (exact) mass is 644 g/mol. The first-order valence-corrected chi connectivity index (χ1v) is 15.7. The Balaban J connectivity index is 2.19. The van der Waals surface area contributed by atoms with Gasteiger partial charge in [-0.2, -0.15) is 0 Å². The van der Waals surface area contributed by atoms with Gasteiger partial charge < -0.3 is 15.0 Å². The lowest BCUT2D eigenvalue weighted by molar-refractivity contribution is -0.385. The maximum atomic E-state index is 14.3. The lowest BCUT2D eigenvalue weighted by Crippen LogP contribution is -2.55. The number of nitro groups is 1. The molecule has 0 aliphatic rings. The van der Waals surface area contributed by atoms with Crippen molar-refractivity contribution in [2.24, 2.45) is 0 Å². The molecule has 1 atom stereocenters. The van der Waals surface area contributed by atoms with Crippen LogP contribution in [0.5, 0.6) is 5.75 Å². The normalized spacial score (nSPS) is 12.2. The molecule has 0 aliphatic heterocycles. The van der Waals surface area contributed by atoms with Crippen LogP contribution < -0.4 is 14.4 Å². The fourth-order valence-electron chi connectivity index (χ4n) is 4.60. The van der Waals surface area contributed by atoms with Crippen molar-refractivity contribution in [3.05, 3.63) is 93.0 Å². The van der Waals surface area contributed by atoms with Gasteiger partial charge >= 0.3 is 0 Å². The Bertz CT molecular complexity index is 1630. The molecule has 3 aromatic carbocycles. The lowest BCUT2D eigenvalue weighted by atomic mass is 10.1. The molecule has 0 unspecified atom stereocenters. The van der Waals surface area contributed by atoms with E-state index in [0.29, 0.717) is 0 Å². The number of anilines is 1. The summed E-state index contributed by atoms with van der Waals surface area (Å²) < 4.78 is 34.7. The van der Waals surface area contributed by atoms with Crippen LogP contribution in [-0.4, -0.2) is 55.3 Å². The number of hydrogen-bond donors (Lipinski definition) is 1. The first kappa shape index (κ1) is 34.3. The second-order valence-corrected chi connectivity index (χ2v) is 13.5. The number of nitrogens with zero attached hydrogens (tertiary/aromatic N) is 3. The number of halogens is 1. The number of sulfonamides is 1. The van der Waals surface area contributed by atoms with Gasteiger partial charge in [-0.25, -0.2) is 8.42 Å². The van der Waals surface area contributed by atoms with E-state index in [1.165, 1.54) is 49.3 Å². The fraction of sp³-hybridized carbons (Fsp3) is 0.355. The Labute approximate surface area is 263 Å². The number of nitro benzene ring substituents is 1. The summed E-state index contributed by atoms with van der Waals surface area (Å²) in [4.78, 5) is 39.6. The Morgan fingerprint density at radius 3 is 2.30 bits per heavy atom. The number of amides is 2. The van der Waals surface area contributed by atoms with E-state index in [1.54, 1.807) is 31.2 Å². The molecule has 44 heavy (non-hydrogen) atoms. The first-order valence-electron chi connectivity index (χ1n) is 13.9. The molecule has 11 nitrogen and oxygen atoms in total. The van der Waals surface area contributed by atoms with E-state index < -0.39 is 55.5 Å². The zero-order chi connectivity index (χ0) is 32.8. The van der Waals surface area contributed by atoms with Crippen molar-refractivity contribution in [3.8, 4) is 5.75 Å². The van der Waals surface area contributed by atoms with Crippen molar-refractivity contribution in [3.63, 3.8) is 0 Å². The van der Waals surface area contributed by atoms with Crippen molar-refractivity contribution in [1.82, 2.24) is 10.2 Å². The molecule has 0 saturated carbocycles. The average molecular weight is 645 g/mol. The van der Waals surface area contributed by atoms with Crippen LogP contribution in [-0.2, 0) is 26.2 Å². The summed E-state index contributed by atoms with van der Waals surface area (Å²) >= 11 is 6.27. The Hall–Kier alpha value is -4.16. The van der Waals surface area contributed by atoms with Crippen LogP contribution in [0.4, 0.5) is 11.4 Å². The minimum absolute atomic E-state index is 0.0202. The summed E-state index contributed by atoms with van der Waals surface area (Å²) in [5.74, 6) is -0.982. The third-order valence-corrected chi connectivity index (χ3v) is 8.72. The zero-order valence-corrected chi connectivity index (χ0v) is 27.1.